The molecule has 3 rings (SSSR count). The van der Waals surface area contributed by atoms with E-state index in [4.69, 9.17) is 16.6 Å². The summed E-state index contributed by atoms with van der Waals surface area (Å²) in [6, 6.07) is 8.09. The van der Waals surface area contributed by atoms with Crippen molar-refractivity contribution in [3.8, 4) is 0 Å². The molecule has 1 aliphatic carbocycles. The van der Waals surface area contributed by atoms with Gasteiger partial charge in [0.15, 0.2) is 5.58 Å². The molecule has 1 fully saturated rings. The number of fused-ring (bicyclic) bond motifs is 1. The van der Waals surface area contributed by atoms with Crippen molar-refractivity contribution in [3.05, 3.63) is 29.1 Å². The number of oxazole rings is 1. The number of hydrogen-bond donors (Lipinski definition) is 1. The predicted molar refractivity (Wildman–Crippen MR) is 70.8 cm³/mol. The van der Waals surface area contributed by atoms with E-state index in [0.29, 0.717) is 23.8 Å². The van der Waals surface area contributed by atoms with E-state index in [1.165, 1.54) is 0 Å². The van der Waals surface area contributed by atoms with Gasteiger partial charge >= 0.3 is 0 Å². The van der Waals surface area contributed by atoms with E-state index < -0.39 is 0 Å². The maximum absolute atomic E-state index is 11.6. The molecule has 1 N–H and O–H groups in total. The van der Waals surface area contributed by atoms with Gasteiger partial charge in [0.25, 0.3) is 4.84 Å². The molecule has 5 heteroatoms. The fraction of sp³-hybridized carbons (Fsp3) is 0.385. The Hall–Kier alpha value is -1.62. The third kappa shape index (κ3) is 2.31. The molecule has 1 saturated carbocycles. The second-order valence-corrected chi connectivity index (χ2v) is 4.93. The van der Waals surface area contributed by atoms with E-state index >= 15 is 0 Å². The van der Waals surface area contributed by atoms with Gasteiger partial charge in [-0.3, -0.25) is 9.36 Å². The van der Waals surface area contributed by atoms with Crippen molar-refractivity contribution in [2.24, 2.45) is 0 Å². The van der Waals surface area contributed by atoms with Gasteiger partial charge in [0.05, 0.1) is 5.52 Å². The fourth-order valence-corrected chi connectivity index (χ4v) is 2.25. The maximum atomic E-state index is 11.6. The zero-order chi connectivity index (χ0) is 12.5. The van der Waals surface area contributed by atoms with Crippen molar-refractivity contribution in [3.63, 3.8) is 0 Å². The summed E-state index contributed by atoms with van der Waals surface area (Å²) in [5.74, 6) is 0.0877. The summed E-state index contributed by atoms with van der Waals surface area (Å²) >= 11 is 5.17. The Morgan fingerprint density at radius 1 is 1.44 bits per heavy atom. The number of benzene rings is 1. The molecule has 2 aromatic rings. The first-order chi connectivity index (χ1) is 8.74. The van der Waals surface area contributed by atoms with Gasteiger partial charge in [-0.05, 0) is 37.2 Å². The number of hydrogen-bond acceptors (Lipinski definition) is 3. The zero-order valence-electron chi connectivity index (χ0n) is 9.89. The van der Waals surface area contributed by atoms with Gasteiger partial charge in [0, 0.05) is 19.0 Å². The number of nitrogens with one attached hydrogen (secondary N) is 1. The smallest absolute Gasteiger partial charge is 0.269 e. The lowest BCUT2D eigenvalue weighted by Crippen LogP contribution is -2.26. The van der Waals surface area contributed by atoms with Crippen molar-refractivity contribution in [2.75, 3.05) is 0 Å². The van der Waals surface area contributed by atoms with Crippen LogP contribution in [-0.4, -0.2) is 16.5 Å². The summed E-state index contributed by atoms with van der Waals surface area (Å²) in [5, 5.41) is 2.97. The Bertz CT molecular complexity index is 640. The number of carbonyl (C=O) groups is 1. The summed E-state index contributed by atoms with van der Waals surface area (Å²) in [4.78, 5) is 12.1. The average molecular weight is 262 g/mol. The first kappa shape index (κ1) is 11.5. The van der Waals surface area contributed by atoms with Crippen LogP contribution in [0, 0.1) is 4.84 Å². The van der Waals surface area contributed by atoms with Crippen LogP contribution in [0.2, 0.25) is 0 Å². The molecule has 0 atom stereocenters. The summed E-state index contributed by atoms with van der Waals surface area (Å²) in [6.07, 6.45) is 2.66. The quantitative estimate of drug-likeness (QED) is 0.862. The van der Waals surface area contributed by atoms with Gasteiger partial charge in [-0.15, -0.1) is 0 Å². The number of amides is 1. The molecule has 0 radical (unpaired) electrons. The fourth-order valence-electron chi connectivity index (χ4n) is 1.97. The van der Waals surface area contributed by atoms with Crippen molar-refractivity contribution in [1.82, 2.24) is 9.88 Å². The van der Waals surface area contributed by atoms with Crippen LogP contribution in [0.3, 0.4) is 0 Å². The standard InChI is InChI=1S/C13H14N2O2S/c16-12(14-9-5-6-9)7-8-15-10-3-1-2-4-11(10)17-13(15)18/h1-4,9H,5-8H2,(H,14,16). The van der Waals surface area contributed by atoms with E-state index in [1.807, 2.05) is 28.8 Å². The van der Waals surface area contributed by atoms with E-state index in [1.54, 1.807) is 0 Å². The van der Waals surface area contributed by atoms with Crippen LogP contribution in [0.15, 0.2) is 28.7 Å². The third-order valence-corrected chi connectivity index (χ3v) is 3.38. The van der Waals surface area contributed by atoms with Gasteiger partial charge in [0.2, 0.25) is 5.91 Å². The lowest BCUT2D eigenvalue weighted by atomic mass is 10.3. The lowest BCUT2D eigenvalue weighted by Gasteiger charge is -2.04. The van der Waals surface area contributed by atoms with Crippen LogP contribution in [0.25, 0.3) is 11.1 Å². The highest BCUT2D eigenvalue weighted by molar-refractivity contribution is 7.71. The number of nitrogens with zero attached hydrogens (tertiary/aromatic N) is 1. The van der Waals surface area contributed by atoms with Gasteiger partial charge in [-0.25, -0.2) is 0 Å². The van der Waals surface area contributed by atoms with Crippen LogP contribution in [0.5, 0.6) is 0 Å². The van der Waals surface area contributed by atoms with E-state index in [-0.39, 0.29) is 5.91 Å². The molecule has 0 bridgehead atoms. The Kier molecular flexibility index (Phi) is 2.91. The van der Waals surface area contributed by atoms with E-state index in [2.05, 4.69) is 5.32 Å². The van der Waals surface area contributed by atoms with Crippen LogP contribution in [0.1, 0.15) is 19.3 Å². The predicted octanol–water partition coefficient (Wildman–Crippen LogP) is 2.63. The second kappa shape index (κ2) is 4.57. The number of aryl methyl sites for hydroxylation is 1. The molecular weight excluding hydrogens is 248 g/mol. The minimum Gasteiger partial charge on any atom is -0.429 e. The van der Waals surface area contributed by atoms with Crippen molar-refractivity contribution >= 4 is 29.2 Å². The monoisotopic (exact) mass is 262 g/mol. The summed E-state index contributed by atoms with van der Waals surface area (Å²) in [7, 11) is 0. The molecule has 4 nitrogen and oxygen atoms in total. The molecule has 0 aliphatic heterocycles. The highest BCUT2D eigenvalue weighted by Crippen LogP contribution is 2.19. The Balaban J connectivity index is 1.75. The Morgan fingerprint density at radius 3 is 3.00 bits per heavy atom. The third-order valence-electron chi connectivity index (χ3n) is 3.08. The molecule has 1 aromatic heterocycles. The number of para-hydroxylation sites is 2. The molecule has 18 heavy (non-hydrogen) atoms. The van der Waals surface area contributed by atoms with Gasteiger partial charge in [-0.2, -0.15) is 0 Å². The number of aromatic nitrogens is 1. The van der Waals surface area contributed by atoms with Gasteiger partial charge < -0.3 is 9.73 Å². The Morgan fingerprint density at radius 2 is 2.22 bits per heavy atom. The molecule has 1 aliphatic rings. The maximum Gasteiger partial charge on any atom is 0.269 e. The molecule has 1 aromatic carbocycles. The molecule has 0 unspecified atom stereocenters. The van der Waals surface area contributed by atoms with Crippen molar-refractivity contribution < 1.29 is 9.21 Å². The molecular formula is C13H14N2O2S. The van der Waals surface area contributed by atoms with Crippen LogP contribution in [-0.2, 0) is 11.3 Å². The summed E-state index contributed by atoms with van der Waals surface area (Å²) in [6.45, 7) is 0.564. The molecule has 94 valence electrons. The molecule has 1 amide bonds. The van der Waals surface area contributed by atoms with E-state index in [9.17, 15) is 4.79 Å². The molecule has 1 heterocycles. The van der Waals surface area contributed by atoms with Gasteiger partial charge in [-0.1, -0.05) is 12.1 Å². The molecule has 0 spiro atoms. The topological polar surface area (TPSA) is 47.2 Å². The summed E-state index contributed by atoms with van der Waals surface area (Å²) in [5.41, 5.74) is 1.71. The van der Waals surface area contributed by atoms with Crippen LogP contribution >= 0.6 is 12.2 Å². The summed E-state index contributed by atoms with van der Waals surface area (Å²) < 4.78 is 7.34. The highest BCUT2D eigenvalue weighted by Gasteiger charge is 2.23. The normalized spacial score (nSPS) is 14.9. The molecule has 0 saturated heterocycles. The van der Waals surface area contributed by atoms with Crippen molar-refractivity contribution in [1.29, 1.82) is 0 Å². The van der Waals surface area contributed by atoms with Crippen LogP contribution < -0.4 is 5.32 Å². The minimum absolute atomic E-state index is 0.0877. The highest BCUT2D eigenvalue weighted by atomic mass is 32.1. The van der Waals surface area contributed by atoms with Gasteiger partial charge in [0.1, 0.15) is 0 Å². The van der Waals surface area contributed by atoms with Crippen LogP contribution in [0.4, 0.5) is 0 Å². The lowest BCUT2D eigenvalue weighted by molar-refractivity contribution is -0.121. The number of rotatable bonds is 4. The minimum atomic E-state index is 0.0877. The number of carbonyl (C=O) groups excluding carboxylic acids is 1. The first-order valence-electron chi connectivity index (χ1n) is 6.12. The SMILES string of the molecule is O=C(CCn1c(=S)oc2ccccc21)NC1CC1. The Labute approximate surface area is 110 Å². The van der Waals surface area contributed by atoms with E-state index in [0.717, 1.165) is 23.9 Å². The largest absolute Gasteiger partial charge is 0.429 e. The zero-order valence-corrected chi connectivity index (χ0v) is 10.7. The average Bonchev–Trinajstić information content (AvgIpc) is 3.09. The van der Waals surface area contributed by atoms with Crippen molar-refractivity contribution in [2.45, 2.75) is 31.8 Å². The second-order valence-electron chi connectivity index (χ2n) is 4.58. The first-order valence-corrected chi connectivity index (χ1v) is 6.52.